The van der Waals surface area contributed by atoms with Crippen LogP contribution < -0.4 is 4.90 Å². The van der Waals surface area contributed by atoms with E-state index in [9.17, 15) is 5.11 Å². The molecule has 4 nitrogen and oxygen atoms in total. The summed E-state index contributed by atoms with van der Waals surface area (Å²) in [5.41, 5.74) is 4.53. The topological polar surface area (TPSA) is 33.3 Å². The quantitative estimate of drug-likeness (QED) is 0.549. The summed E-state index contributed by atoms with van der Waals surface area (Å²) < 4.78 is 4.21. The molecule has 0 fully saturated rings. The van der Waals surface area contributed by atoms with E-state index in [4.69, 9.17) is 0 Å². The Morgan fingerprint density at radius 1 is 0.962 bits per heavy atom. The maximum absolute atomic E-state index is 10.8. The molecule has 0 spiro atoms. The van der Waals surface area contributed by atoms with Crippen molar-refractivity contribution in [3.8, 4) is 11.6 Å². The van der Waals surface area contributed by atoms with Gasteiger partial charge in [0, 0.05) is 65.1 Å². The highest BCUT2D eigenvalue weighted by Gasteiger charge is 2.13. The van der Waals surface area contributed by atoms with Gasteiger partial charge in [0.25, 0.3) is 0 Å². The van der Waals surface area contributed by atoms with Crippen molar-refractivity contribution in [1.29, 1.82) is 0 Å². The summed E-state index contributed by atoms with van der Waals surface area (Å²) in [4.78, 5) is 2.04. The number of aromatic hydroxyl groups is 1. The predicted molar refractivity (Wildman–Crippen MR) is 110 cm³/mol. The van der Waals surface area contributed by atoms with Gasteiger partial charge < -0.3 is 14.6 Å². The van der Waals surface area contributed by atoms with Crippen LogP contribution in [0.15, 0.2) is 48.7 Å². The molecular weight excluding hydrogens is 322 g/mol. The normalized spacial score (nSPS) is 11.8. The Morgan fingerprint density at radius 2 is 1.73 bits per heavy atom. The molecule has 4 aromatic rings. The average molecular weight is 347 g/mol. The highest BCUT2D eigenvalue weighted by molar-refractivity contribution is 5.92. The average Bonchev–Trinajstić information content (AvgIpc) is 3.10. The number of anilines is 1. The molecule has 1 N–H and O–H groups in total. The van der Waals surface area contributed by atoms with Crippen LogP contribution in [0.5, 0.6) is 5.88 Å². The maximum atomic E-state index is 10.8. The predicted octanol–water partition coefficient (Wildman–Crippen LogP) is 5.25. The molecule has 4 rings (SSSR count). The first-order valence-corrected chi connectivity index (χ1v) is 9.00. The smallest absolute Gasteiger partial charge is 0.203 e. The van der Waals surface area contributed by atoms with Gasteiger partial charge in [0.05, 0.1) is 0 Å². The van der Waals surface area contributed by atoms with Gasteiger partial charge in [0.15, 0.2) is 0 Å². The first-order valence-electron chi connectivity index (χ1n) is 9.00. The highest BCUT2D eigenvalue weighted by atomic mass is 16.3. The van der Waals surface area contributed by atoms with Crippen LogP contribution in [0.3, 0.4) is 0 Å². The molecule has 0 saturated heterocycles. The Morgan fingerprint density at radius 3 is 2.42 bits per heavy atom. The number of aryl methyl sites for hydroxylation is 1. The van der Waals surface area contributed by atoms with Crippen molar-refractivity contribution in [2.24, 2.45) is 0 Å². The third-order valence-corrected chi connectivity index (χ3v) is 5.10. The minimum Gasteiger partial charge on any atom is -0.494 e. The van der Waals surface area contributed by atoms with Crippen molar-refractivity contribution in [2.45, 2.75) is 26.8 Å². The number of rotatable bonds is 3. The van der Waals surface area contributed by atoms with Gasteiger partial charge in [0.2, 0.25) is 5.88 Å². The number of hydrogen-bond acceptors (Lipinski definition) is 2. The lowest BCUT2D eigenvalue weighted by Gasteiger charge is -2.13. The molecule has 26 heavy (non-hydrogen) atoms. The lowest BCUT2D eigenvalue weighted by atomic mass is 10.2. The van der Waals surface area contributed by atoms with Crippen LogP contribution in [-0.2, 0) is 0 Å². The van der Waals surface area contributed by atoms with Gasteiger partial charge in [-0.15, -0.1) is 0 Å². The minimum absolute atomic E-state index is 0.281. The maximum Gasteiger partial charge on any atom is 0.203 e. The van der Waals surface area contributed by atoms with Crippen molar-refractivity contribution >= 4 is 27.4 Å². The van der Waals surface area contributed by atoms with E-state index in [1.807, 2.05) is 35.8 Å². The van der Waals surface area contributed by atoms with E-state index in [0.717, 1.165) is 22.1 Å². The van der Waals surface area contributed by atoms with Crippen molar-refractivity contribution < 1.29 is 5.11 Å². The van der Waals surface area contributed by atoms with Crippen molar-refractivity contribution in [1.82, 2.24) is 9.13 Å². The first-order chi connectivity index (χ1) is 12.4. The zero-order valence-electron chi connectivity index (χ0n) is 16.0. The van der Waals surface area contributed by atoms with Gasteiger partial charge in [-0.3, -0.25) is 4.57 Å². The Balaban J connectivity index is 1.88. The Kier molecular flexibility index (Phi) is 3.72. The number of fused-ring (bicyclic) bond motifs is 2. The molecule has 2 aromatic heterocycles. The standard InChI is InChI=1S/C22H25N3O/c1-14(2)25-15(3)10-17-11-19(8-9-21(17)25)24-13-16-6-7-18(23(4)5)12-20(16)22(24)26/h6-14,26H,1-5H3. The third kappa shape index (κ3) is 2.45. The van der Waals surface area contributed by atoms with Crippen LogP contribution in [0.1, 0.15) is 25.6 Å². The van der Waals surface area contributed by atoms with E-state index in [0.29, 0.717) is 6.04 Å². The SMILES string of the molecule is Cc1cc2cc(-n3cc4ccc(N(C)C)cc4c3O)ccc2n1C(C)C. The number of benzene rings is 2. The lowest BCUT2D eigenvalue weighted by molar-refractivity contribution is 0.448. The molecule has 2 heterocycles. The summed E-state index contributed by atoms with van der Waals surface area (Å²) in [7, 11) is 4.01. The monoisotopic (exact) mass is 347 g/mol. The van der Waals surface area contributed by atoms with Crippen molar-refractivity contribution in [2.75, 3.05) is 19.0 Å². The minimum atomic E-state index is 0.281. The Hall–Kier alpha value is -2.88. The first kappa shape index (κ1) is 16.6. The van der Waals surface area contributed by atoms with Crippen LogP contribution >= 0.6 is 0 Å². The number of nitrogens with zero attached hydrogens (tertiary/aromatic N) is 3. The Labute approximate surface area is 153 Å². The van der Waals surface area contributed by atoms with Crippen LogP contribution in [0.4, 0.5) is 5.69 Å². The van der Waals surface area contributed by atoms with E-state index in [-0.39, 0.29) is 5.88 Å². The molecule has 2 aromatic carbocycles. The van der Waals surface area contributed by atoms with Crippen molar-refractivity contribution in [3.05, 3.63) is 54.4 Å². The van der Waals surface area contributed by atoms with Gasteiger partial charge in [-0.2, -0.15) is 0 Å². The summed E-state index contributed by atoms with van der Waals surface area (Å²) in [5, 5.41) is 13.9. The fourth-order valence-electron chi connectivity index (χ4n) is 3.85. The van der Waals surface area contributed by atoms with Gasteiger partial charge in [-0.1, -0.05) is 6.07 Å². The van der Waals surface area contributed by atoms with Gasteiger partial charge in [0.1, 0.15) is 0 Å². The van der Waals surface area contributed by atoms with E-state index in [1.54, 1.807) is 0 Å². The van der Waals surface area contributed by atoms with Crippen LogP contribution in [0.25, 0.3) is 27.4 Å². The second-order valence-electron chi connectivity index (χ2n) is 7.48. The lowest BCUT2D eigenvalue weighted by Crippen LogP contribution is -2.07. The molecule has 0 amide bonds. The molecular formula is C22H25N3O. The fourth-order valence-corrected chi connectivity index (χ4v) is 3.85. The summed E-state index contributed by atoms with van der Waals surface area (Å²) in [5.74, 6) is 0.281. The molecule has 0 aliphatic rings. The van der Waals surface area contributed by atoms with Crippen LogP contribution in [-0.4, -0.2) is 28.3 Å². The van der Waals surface area contributed by atoms with E-state index < -0.39 is 0 Å². The number of hydrogen-bond donors (Lipinski definition) is 1. The largest absolute Gasteiger partial charge is 0.494 e. The Bertz CT molecular complexity index is 1120. The number of aromatic nitrogens is 2. The molecule has 134 valence electrons. The highest BCUT2D eigenvalue weighted by Crippen LogP contribution is 2.34. The van der Waals surface area contributed by atoms with Gasteiger partial charge >= 0.3 is 0 Å². The summed E-state index contributed by atoms with van der Waals surface area (Å²) in [6.07, 6.45) is 2.00. The van der Waals surface area contributed by atoms with Crippen molar-refractivity contribution in [3.63, 3.8) is 0 Å². The second kappa shape index (κ2) is 5.84. The summed E-state index contributed by atoms with van der Waals surface area (Å²) in [6.45, 7) is 6.55. The summed E-state index contributed by atoms with van der Waals surface area (Å²) in [6, 6.07) is 15.2. The second-order valence-corrected chi connectivity index (χ2v) is 7.48. The van der Waals surface area contributed by atoms with Crippen LogP contribution in [0.2, 0.25) is 0 Å². The zero-order valence-corrected chi connectivity index (χ0v) is 16.0. The van der Waals surface area contributed by atoms with E-state index >= 15 is 0 Å². The zero-order chi connectivity index (χ0) is 18.6. The molecule has 0 atom stereocenters. The van der Waals surface area contributed by atoms with Gasteiger partial charge in [-0.25, -0.2) is 0 Å². The van der Waals surface area contributed by atoms with Gasteiger partial charge in [-0.05, 0) is 57.2 Å². The van der Waals surface area contributed by atoms with E-state index in [1.165, 1.54) is 16.6 Å². The molecule has 4 heteroatoms. The molecule has 0 aliphatic carbocycles. The molecule has 0 unspecified atom stereocenters. The third-order valence-electron chi connectivity index (χ3n) is 5.10. The molecule has 0 aliphatic heterocycles. The fraction of sp³-hybridized carbons (Fsp3) is 0.273. The van der Waals surface area contributed by atoms with Crippen LogP contribution in [0, 0.1) is 6.92 Å². The molecule has 0 radical (unpaired) electrons. The molecule has 0 bridgehead atoms. The van der Waals surface area contributed by atoms with E-state index in [2.05, 4.69) is 61.7 Å². The summed E-state index contributed by atoms with van der Waals surface area (Å²) >= 11 is 0. The molecule has 0 saturated carbocycles.